The molecule has 0 bridgehead atoms. The fourth-order valence-electron chi connectivity index (χ4n) is 3.22. The van der Waals surface area contributed by atoms with Gasteiger partial charge in [-0.25, -0.2) is 9.48 Å². The molecule has 0 saturated carbocycles. The van der Waals surface area contributed by atoms with E-state index >= 15 is 0 Å². The summed E-state index contributed by atoms with van der Waals surface area (Å²) in [6, 6.07) is 6.93. The number of aromatic nitrogens is 2. The first-order valence-corrected chi connectivity index (χ1v) is 8.10. The van der Waals surface area contributed by atoms with Crippen molar-refractivity contribution in [2.45, 2.75) is 32.4 Å². The molecule has 3 rings (SSSR count). The number of carboxylic acid groups (broad SMARTS) is 1. The van der Waals surface area contributed by atoms with E-state index in [9.17, 15) is 14.7 Å². The first kappa shape index (κ1) is 17.2. The Hall–Kier alpha value is -2.67. The summed E-state index contributed by atoms with van der Waals surface area (Å²) in [5.41, 5.74) is 3.04. The molecule has 2 unspecified atom stereocenters. The van der Waals surface area contributed by atoms with E-state index in [2.05, 4.69) is 5.10 Å². The summed E-state index contributed by atoms with van der Waals surface area (Å²) in [5, 5.41) is 13.7. The van der Waals surface area contributed by atoms with Crippen LogP contribution in [0.2, 0.25) is 0 Å². The minimum atomic E-state index is -1.02. The lowest BCUT2D eigenvalue weighted by Gasteiger charge is -2.21. The van der Waals surface area contributed by atoms with Gasteiger partial charge in [-0.2, -0.15) is 5.10 Å². The number of rotatable bonds is 4. The Bertz CT molecular complexity index is 814. The lowest BCUT2D eigenvalue weighted by atomic mass is 10.1. The average molecular weight is 343 g/mol. The first-order valence-electron chi connectivity index (χ1n) is 8.10. The van der Waals surface area contributed by atoms with E-state index in [0.29, 0.717) is 17.7 Å². The number of benzene rings is 1. The molecule has 2 atom stereocenters. The Kier molecular flexibility index (Phi) is 4.59. The molecule has 1 aromatic heterocycles. The number of carboxylic acids is 1. The number of hydrogen-bond donors (Lipinski definition) is 1. The average Bonchev–Trinajstić information content (AvgIpc) is 3.18. The van der Waals surface area contributed by atoms with Gasteiger partial charge in [0.2, 0.25) is 0 Å². The molecule has 1 N–H and O–H groups in total. The summed E-state index contributed by atoms with van der Waals surface area (Å²) < 4.78 is 6.94. The molecule has 0 spiro atoms. The number of nitrogens with zero attached hydrogens (tertiary/aromatic N) is 3. The number of amides is 1. The van der Waals surface area contributed by atoms with Crippen LogP contribution in [0.5, 0.6) is 0 Å². The molecule has 1 fully saturated rings. The van der Waals surface area contributed by atoms with Crippen molar-refractivity contribution in [2.24, 2.45) is 0 Å². The standard InChI is InChI=1S/C18H21N3O4/c1-11-5-4-6-13(7-11)21-12(2)15(9-19-21)17(22)20-10-14(25-3)8-16(20)18(23)24/h4-7,9,14,16H,8,10H2,1-3H3,(H,23,24). The molecule has 1 amide bonds. The van der Waals surface area contributed by atoms with E-state index < -0.39 is 12.0 Å². The lowest BCUT2D eigenvalue weighted by Crippen LogP contribution is -2.40. The van der Waals surface area contributed by atoms with Crippen molar-refractivity contribution in [3.05, 3.63) is 47.3 Å². The van der Waals surface area contributed by atoms with Crippen molar-refractivity contribution < 1.29 is 19.4 Å². The van der Waals surface area contributed by atoms with Gasteiger partial charge in [-0.3, -0.25) is 4.79 Å². The molecule has 132 valence electrons. The van der Waals surface area contributed by atoms with Crippen molar-refractivity contribution in [1.82, 2.24) is 14.7 Å². The maximum Gasteiger partial charge on any atom is 0.326 e. The molecule has 0 radical (unpaired) electrons. The van der Waals surface area contributed by atoms with Crippen molar-refractivity contribution in [3.63, 3.8) is 0 Å². The highest BCUT2D eigenvalue weighted by molar-refractivity contribution is 5.97. The predicted octanol–water partition coefficient (Wildman–Crippen LogP) is 1.80. The summed E-state index contributed by atoms with van der Waals surface area (Å²) in [4.78, 5) is 25.8. The fraction of sp³-hybridized carbons (Fsp3) is 0.389. The Morgan fingerprint density at radius 2 is 2.08 bits per heavy atom. The maximum absolute atomic E-state index is 12.9. The Balaban J connectivity index is 1.92. The van der Waals surface area contributed by atoms with Crippen LogP contribution in [0, 0.1) is 13.8 Å². The minimum Gasteiger partial charge on any atom is -0.480 e. The molecule has 1 aliphatic rings. The van der Waals surface area contributed by atoms with Crippen LogP contribution in [0.25, 0.3) is 5.69 Å². The number of ether oxygens (including phenoxy) is 1. The number of carbonyl (C=O) groups excluding carboxylic acids is 1. The molecule has 2 heterocycles. The second-order valence-electron chi connectivity index (χ2n) is 6.30. The fourth-order valence-corrected chi connectivity index (χ4v) is 3.22. The highest BCUT2D eigenvalue weighted by Crippen LogP contribution is 2.24. The number of aryl methyl sites for hydroxylation is 1. The largest absolute Gasteiger partial charge is 0.480 e. The summed E-state index contributed by atoms with van der Waals surface area (Å²) >= 11 is 0. The van der Waals surface area contributed by atoms with Crippen LogP contribution < -0.4 is 0 Å². The number of likely N-dealkylation sites (tertiary alicyclic amines) is 1. The number of carbonyl (C=O) groups is 2. The highest BCUT2D eigenvalue weighted by atomic mass is 16.5. The lowest BCUT2D eigenvalue weighted by molar-refractivity contribution is -0.141. The van der Waals surface area contributed by atoms with Crippen molar-refractivity contribution >= 4 is 11.9 Å². The van der Waals surface area contributed by atoms with Gasteiger partial charge in [-0.1, -0.05) is 12.1 Å². The van der Waals surface area contributed by atoms with Crippen LogP contribution in [-0.2, 0) is 9.53 Å². The van der Waals surface area contributed by atoms with Crippen molar-refractivity contribution in [2.75, 3.05) is 13.7 Å². The Morgan fingerprint density at radius 1 is 1.32 bits per heavy atom. The summed E-state index contributed by atoms with van der Waals surface area (Å²) in [7, 11) is 1.53. The quantitative estimate of drug-likeness (QED) is 0.915. The predicted molar refractivity (Wildman–Crippen MR) is 90.9 cm³/mol. The SMILES string of the molecule is COC1CC(C(=O)O)N(C(=O)c2cnn(-c3cccc(C)c3)c2C)C1. The second-order valence-corrected chi connectivity index (χ2v) is 6.30. The van der Waals surface area contributed by atoms with E-state index in [4.69, 9.17) is 4.74 Å². The molecule has 7 nitrogen and oxygen atoms in total. The van der Waals surface area contributed by atoms with Gasteiger partial charge in [0.25, 0.3) is 5.91 Å². The third-order valence-electron chi connectivity index (χ3n) is 4.63. The second kappa shape index (κ2) is 6.68. The monoisotopic (exact) mass is 343 g/mol. The van der Waals surface area contributed by atoms with Gasteiger partial charge in [0.05, 0.1) is 29.2 Å². The molecule has 1 aliphatic heterocycles. The number of aliphatic carboxylic acids is 1. The van der Waals surface area contributed by atoms with Crippen LogP contribution in [0.4, 0.5) is 0 Å². The summed E-state index contributed by atoms with van der Waals surface area (Å²) in [6.07, 6.45) is 1.53. The van der Waals surface area contributed by atoms with Gasteiger partial charge >= 0.3 is 5.97 Å². The van der Waals surface area contributed by atoms with Crippen LogP contribution in [0.15, 0.2) is 30.5 Å². The number of hydrogen-bond acceptors (Lipinski definition) is 4. The van der Waals surface area contributed by atoms with E-state index in [-0.39, 0.29) is 18.6 Å². The molecule has 1 aromatic carbocycles. The number of methoxy groups -OCH3 is 1. The Labute approximate surface area is 145 Å². The van der Waals surface area contributed by atoms with Gasteiger partial charge in [0, 0.05) is 20.1 Å². The third kappa shape index (κ3) is 3.15. The van der Waals surface area contributed by atoms with Gasteiger partial charge in [-0.15, -0.1) is 0 Å². The smallest absolute Gasteiger partial charge is 0.326 e. The van der Waals surface area contributed by atoms with E-state index in [1.165, 1.54) is 18.2 Å². The van der Waals surface area contributed by atoms with Crippen molar-refractivity contribution in [3.8, 4) is 5.69 Å². The maximum atomic E-state index is 12.9. The van der Waals surface area contributed by atoms with Gasteiger partial charge in [0.1, 0.15) is 6.04 Å². The van der Waals surface area contributed by atoms with Crippen LogP contribution in [0.1, 0.15) is 28.0 Å². The van der Waals surface area contributed by atoms with E-state index in [1.54, 1.807) is 4.68 Å². The molecule has 1 saturated heterocycles. The van der Waals surface area contributed by atoms with Gasteiger partial charge in [-0.05, 0) is 31.5 Å². The van der Waals surface area contributed by atoms with Crippen LogP contribution in [0.3, 0.4) is 0 Å². The minimum absolute atomic E-state index is 0.265. The van der Waals surface area contributed by atoms with Crippen LogP contribution >= 0.6 is 0 Å². The van der Waals surface area contributed by atoms with E-state index in [0.717, 1.165) is 11.3 Å². The molecule has 25 heavy (non-hydrogen) atoms. The molecular weight excluding hydrogens is 322 g/mol. The van der Waals surface area contributed by atoms with Crippen LogP contribution in [-0.4, -0.2) is 57.5 Å². The molecule has 7 heteroatoms. The first-order chi connectivity index (χ1) is 11.9. The molecule has 0 aliphatic carbocycles. The molecule has 2 aromatic rings. The summed E-state index contributed by atoms with van der Waals surface area (Å²) in [6.45, 7) is 4.06. The third-order valence-corrected chi connectivity index (χ3v) is 4.63. The zero-order valence-corrected chi connectivity index (χ0v) is 14.5. The zero-order valence-electron chi connectivity index (χ0n) is 14.5. The Morgan fingerprint density at radius 3 is 2.72 bits per heavy atom. The van der Waals surface area contributed by atoms with Crippen molar-refractivity contribution in [1.29, 1.82) is 0 Å². The van der Waals surface area contributed by atoms with E-state index in [1.807, 2.05) is 38.1 Å². The highest BCUT2D eigenvalue weighted by Gasteiger charge is 2.40. The normalized spacial score (nSPS) is 20.0. The topological polar surface area (TPSA) is 84.7 Å². The van der Waals surface area contributed by atoms with Gasteiger partial charge in [0.15, 0.2) is 0 Å². The van der Waals surface area contributed by atoms with Gasteiger partial charge < -0.3 is 14.7 Å². The zero-order chi connectivity index (χ0) is 18.1. The molecular formula is C18H21N3O4. The summed E-state index contributed by atoms with van der Waals surface area (Å²) in [5.74, 6) is -1.35.